The molecule has 0 amide bonds. The molecule has 6 nitrogen and oxygen atoms in total. The van der Waals surface area contributed by atoms with Crippen LogP contribution in [0.15, 0.2) is 0 Å². The maximum absolute atomic E-state index is 9.29. The Morgan fingerprint density at radius 1 is 1.00 bits per heavy atom. The van der Waals surface area contributed by atoms with E-state index >= 15 is 0 Å². The fraction of sp³-hybridized carbons (Fsp3) is 1.00. The molecule has 0 aromatic rings. The fourth-order valence-electron chi connectivity index (χ4n) is 2.13. The third-order valence-corrected chi connectivity index (χ3v) is 2.91. The van der Waals surface area contributed by atoms with Gasteiger partial charge >= 0.3 is 0 Å². The largest absolute Gasteiger partial charge is 0.394 e. The van der Waals surface area contributed by atoms with Crippen molar-refractivity contribution in [3.63, 3.8) is 0 Å². The number of rotatable bonds is 6. The van der Waals surface area contributed by atoms with E-state index in [1.54, 1.807) is 14.2 Å². The zero-order chi connectivity index (χ0) is 12.8. The number of ether oxygens (including phenoxy) is 5. The van der Waals surface area contributed by atoms with Crippen molar-refractivity contribution in [1.82, 2.24) is 0 Å². The summed E-state index contributed by atoms with van der Waals surface area (Å²) in [5.41, 5.74) is 0. The molecule has 5 atom stereocenters. The lowest BCUT2D eigenvalue weighted by Gasteiger charge is -2.44. The lowest BCUT2D eigenvalue weighted by atomic mass is 9.98. The highest BCUT2D eigenvalue weighted by Gasteiger charge is 2.47. The van der Waals surface area contributed by atoms with Gasteiger partial charge in [0.1, 0.15) is 24.4 Å². The quantitative estimate of drug-likeness (QED) is 0.703. The summed E-state index contributed by atoms with van der Waals surface area (Å²) in [5.74, 6) is 0. The lowest BCUT2D eigenvalue weighted by molar-refractivity contribution is -0.309. The minimum atomic E-state index is -0.569. The third kappa shape index (κ3) is 3.15. The molecule has 0 radical (unpaired) electrons. The van der Waals surface area contributed by atoms with E-state index in [4.69, 9.17) is 23.7 Å². The highest BCUT2D eigenvalue weighted by molar-refractivity contribution is 4.92. The molecular formula is C11H22O6. The number of hydrogen-bond donors (Lipinski definition) is 1. The summed E-state index contributed by atoms with van der Waals surface area (Å²) in [4.78, 5) is 0. The molecule has 1 aliphatic heterocycles. The molecule has 0 aliphatic carbocycles. The standard InChI is InChI=1S/C11H22O6/c1-5-16-9-8(13-2)7(6-12)17-11(15-4)10(9)14-3/h7-12H,5-6H2,1-4H3/t7?,8-,9?,10+,11-/m1/s1. The van der Waals surface area contributed by atoms with Crippen LogP contribution in [-0.4, -0.2) is 70.4 Å². The van der Waals surface area contributed by atoms with E-state index in [0.29, 0.717) is 6.61 Å². The zero-order valence-electron chi connectivity index (χ0n) is 10.8. The summed E-state index contributed by atoms with van der Waals surface area (Å²) in [5, 5.41) is 9.29. The van der Waals surface area contributed by atoms with Gasteiger partial charge in [0.25, 0.3) is 0 Å². The van der Waals surface area contributed by atoms with E-state index < -0.39 is 12.4 Å². The smallest absolute Gasteiger partial charge is 0.186 e. The van der Waals surface area contributed by atoms with E-state index in [9.17, 15) is 5.11 Å². The van der Waals surface area contributed by atoms with Gasteiger partial charge in [-0.15, -0.1) is 0 Å². The third-order valence-electron chi connectivity index (χ3n) is 2.91. The van der Waals surface area contributed by atoms with Crippen LogP contribution in [0.1, 0.15) is 6.92 Å². The monoisotopic (exact) mass is 250 g/mol. The molecule has 1 heterocycles. The maximum Gasteiger partial charge on any atom is 0.186 e. The second-order valence-corrected chi connectivity index (χ2v) is 3.78. The zero-order valence-corrected chi connectivity index (χ0v) is 10.8. The van der Waals surface area contributed by atoms with Gasteiger partial charge in [0.2, 0.25) is 0 Å². The number of hydrogen-bond acceptors (Lipinski definition) is 6. The Bertz CT molecular complexity index is 194. The average Bonchev–Trinajstić information content (AvgIpc) is 2.37. The predicted molar refractivity (Wildman–Crippen MR) is 59.8 cm³/mol. The number of aliphatic hydroxyl groups excluding tert-OH is 1. The van der Waals surface area contributed by atoms with Crippen LogP contribution in [0.2, 0.25) is 0 Å². The molecule has 0 aromatic heterocycles. The van der Waals surface area contributed by atoms with Crippen molar-refractivity contribution in [2.45, 2.75) is 37.6 Å². The molecule has 0 saturated carbocycles. The Morgan fingerprint density at radius 2 is 1.65 bits per heavy atom. The number of aliphatic hydroxyl groups is 1. The van der Waals surface area contributed by atoms with E-state index in [-0.39, 0.29) is 24.9 Å². The van der Waals surface area contributed by atoms with Crippen LogP contribution in [0.4, 0.5) is 0 Å². The summed E-state index contributed by atoms with van der Waals surface area (Å²) in [7, 11) is 4.65. The first-order chi connectivity index (χ1) is 8.23. The van der Waals surface area contributed by atoms with Gasteiger partial charge in [0.15, 0.2) is 6.29 Å². The average molecular weight is 250 g/mol. The highest BCUT2D eigenvalue weighted by Crippen LogP contribution is 2.27. The molecule has 2 unspecified atom stereocenters. The Hall–Kier alpha value is -0.240. The van der Waals surface area contributed by atoms with Crippen LogP contribution >= 0.6 is 0 Å². The van der Waals surface area contributed by atoms with Crippen molar-refractivity contribution in [3.05, 3.63) is 0 Å². The fourth-order valence-corrected chi connectivity index (χ4v) is 2.13. The van der Waals surface area contributed by atoms with Crippen molar-refractivity contribution in [1.29, 1.82) is 0 Å². The van der Waals surface area contributed by atoms with Crippen LogP contribution in [0.5, 0.6) is 0 Å². The summed E-state index contributed by atoms with van der Waals surface area (Å²) in [6.45, 7) is 2.27. The molecule has 1 N–H and O–H groups in total. The van der Waals surface area contributed by atoms with Gasteiger partial charge in [-0.05, 0) is 6.92 Å². The van der Waals surface area contributed by atoms with Crippen LogP contribution in [0.25, 0.3) is 0 Å². The van der Waals surface area contributed by atoms with Crippen molar-refractivity contribution in [2.24, 2.45) is 0 Å². The van der Waals surface area contributed by atoms with Crippen LogP contribution < -0.4 is 0 Å². The van der Waals surface area contributed by atoms with Crippen LogP contribution in [-0.2, 0) is 23.7 Å². The highest BCUT2D eigenvalue weighted by atomic mass is 16.7. The Balaban J connectivity index is 2.86. The topological polar surface area (TPSA) is 66.4 Å². The summed E-state index contributed by atoms with van der Waals surface area (Å²) in [6, 6.07) is 0. The van der Waals surface area contributed by atoms with Crippen molar-refractivity contribution in [3.8, 4) is 0 Å². The molecule has 0 bridgehead atoms. The van der Waals surface area contributed by atoms with Crippen molar-refractivity contribution in [2.75, 3.05) is 34.5 Å². The summed E-state index contributed by atoms with van der Waals surface area (Å²) >= 11 is 0. The SMILES string of the molecule is CCOC1[C@H](OC)C(CO)O[C@@H](OC)[C@H]1OC. The minimum Gasteiger partial charge on any atom is -0.394 e. The Labute approximate surface area is 102 Å². The van der Waals surface area contributed by atoms with Gasteiger partial charge in [-0.2, -0.15) is 0 Å². The first-order valence-electron chi connectivity index (χ1n) is 5.69. The molecule has 1 aliphatic rings. The molecule has 1 saturated heterocycles. The first kappa shape index (κ1) is 14.8. The molecule has 1 rings (SSSR count). The van der Waals surface area contributed by atoms with Gasteiger partial charge in [-0.25, -0.2) is 0 Å². The molecular weight excluding hydrogens is 228 g/mol. The lowest BCUT2D eigenvalue weighted by Crippen LogP contribution is -2.61. The summed E-state index contributed by atoms with van der Waals surface area (Å²) < 4.78 is 27.1. The predicted octanol–water partition coefficient (Wildman–Crippen LogP) is -0.215. The van der Waals surface area contributed by atoms with E-state index in [1.807, 2.05) is 6.92 Å². The van der Waals surface area contributed by atoms with Gasteiger partial charge < -0.3 is 28.8 Å². The van der Waals surface area contributed by atoms with Crippen LogP contribution in [0.3, 0.4) is 0 Å². The second-order valence-electron chi connectivity index (χ2n) is 3.78. The molecule has 0 spiro atoms. The van der Waals surface area contributed by atoms with Gasteiger partial charge in [0, 0.05) is 27.9 Å². The maximum atomic E-state index is 9.29. The summed E-state index contributed by atoms with van der Waals surface area (Å²) in [6.07, 6.45) is -2.14. The van der Waals surface area contributed by atoms with Gasteiger partial charge in [-0.1, -0.05) is 0 Å². The van der Waals surface area contributed by atoms with Crippen molar-refractivity contribution >= 4 is 0 Å². The van der Waals surface area contributed by atoms with E-state index in [2.05, 4.69) is 0 Å². The molecule has 17 heavy (non-hydrogen) atoms. The van der Waals surface area contributed by atoms with Gasteiger partial charge in [0.05, 0.1) is 6.61 Å². The van der Waals surface area contributed by atoms with E-state index in [0.717, 1.165) is 0 Å². The first-order valence-corrected chi connectivity index (χ1v) is 5.69. The number of methoxy groups -OCH3 is 3. The van der Waals surface area contributed by atoms with Crippen LogP contribution in [0, 0.1) is 0 Å². The van der Waals surface area contributed by atoms with Crippen molar-refractivity contribution < 1.29 is 28.8 Å². The Morgan fingerprint density at radius 3 is 2.06 bits per heavy atom. The second kappa shape index (κ2) is 7.25. The molecule has 0 aromatic carbocycles. The minimum absolute atomic E-state index is 0.154. The normalized spacial score (nSPS) is 38.3. The van der Waals surface area contributed by atoms with Gasteiger partial charge in [-0.3, -0.25) is 0 Å². The molecule has 102 valence electrons. The molecule has 6 heteroatoms. The van der Waals surface area contributed by atoms with E-state index in [1.165, 1.54) is 7.11 Å². The molecule has 1 fully saturated rings. The Kier molecular flexibility index (Phi) is 6.32.